The van der Waals surface area contributed by atoms with Gasteiger partial charge in [-0.25, -0.2) is 0 Å². The normalized spacial score (nSPS) is 11.3. The highest BCUT2D eigenvalue weighted by Gasteiger charge is 2.16. The standard InChI is InChI=1S/C46H62Cl2N2O/c1-3-5-29-49-31-13-9-7-11-21-39-23-17-27-45(43(39)35-37-19-15-25-41(47)33-37)51-46-28-18-24-40(22-12-8-10-14-32-50-30-6-4-2)44(46)36-38-20-16-26-42(48)34-38/h15-20,23-28,33-34,49-50H,3-14,21-22,29-32,35-36H2,1-2H3. The van der Waals surface area contributed by atoms with Crippen molar-refractivity contribution in [2.24, 2.45) is 0 Å². The fourth-order valence-corrected chi connectivity index (χ4v) is 7.22. The number of unbranched alkanes of at least 4 members (excludes halogenated alkanes) is 8. The van der Waals surface area contributed by atoms with Crippen LogP contribution in [0.3, 0.4) is 0 Å². The SMILES string of the molecule is CCCCNCCCCCCc1cccc(Oc2cccc(CCCCCCNCCCC)c2Cc2cccc(Cl)c2)c1Cc1cccc(Cl)c1. The summed E-state index contributed by atoms with van der Waals surface area (Å²) < 4.78 is 7.03. The zero-order valence-corrected chi connectivity index (χ0v) is 32.9. The molecule has 0 bridgehead atoms. The first-order valence-corrected chi connectivity index (χ1v) is 20.6. The topological polar surface area (TPSA) is 33.3 Å². The number of ether oxygens (including phenoxy) is 1. The van der Waals surface area contributed by atoms with E-state index in [-0.39, 0.29) is 0 Å². The maximum atomic E-state index is 7.03. The second-order valence-electron chi connectivity index (χ2n) is 14.0. The van der Waals surface area contributed by atoms with Gasteiger partial charge in [0.2, 0.25) is 0 Å². The van der Waals surface area contributed by atoms with Crippen LogP contribution in [-0.2, 0) is 25.7 Å². The number of hydrogen-bond donors (Lipinski definition) is 2. The van der Waals surface area contributed by atoms with Crippen molar-refractivity contribution >= 4 is 23.2 Å². The summed E-state index contributed by atoms with van der Waals surface area (Å²) >= 11 is 12.9. The second-order valence-corrected chi connectivity index (χ2v) is 14.9. The molecule has 0 saturated heterocycles. The summed E-state index contributed by atoms with van der Waals surface area (Å²) in [6.07, 6.45) is 18.5. The molecule has 2 N–H and O–H groups in total. The Morgan fingerprint density at radius 2 is 0.882 bits per heavy atom. The van der Waals surface area contributed by atoms with Gasteiger partial charge in [0.05, 0.1) is 0 Å². The molecule has 0 aliphatic heterocycles. The number of rotatable bonds is 26. The minimum absolute atomic E-state index is 0.768. The van der Waals surface area contributed by atoms with Gasteiger partial charge in [0.25, 0.3) is 0 Å². The van der Waals surface area contributed by atoms with Crippen molar-refractivity contribution in [3.05, 3.63) is 128 Å². The van der Waals surface area contributed by atoms with E-state index in [0.29, 0.717) is 0 Å². The molecule has 0 radical (unpaired) electrons. The lowest BCUT2D eigenvalue weighted by Crippen LogP contribution is -2.16. The van der Waals surface area contributed by atoms with Gasteiger partial charge < -0.3 is 15.4 Å². The fourth-order valence-electron chi connectivity index (χ4n) is 6.80. The quantitative estimate of drug-likeness (QED) is 0.0632. The Morgan fingerprint density at radius 3 is 1.31 bits per heavy atom. The van der Waals surface area contributed by atoms with Gasteiger partial charge in [-0.05, 0) is 136 Å². The van der Waals surface area contributed by atoms with Gasteiger partial charge in [0.1, 0.15) is 11.5 Å². The fraction of sp³-hybridized carbons (Fsp3) is 0.478. The van der Waals surface area contributed by atoms with E-state index in [1.165, 1.54) is 110 Å². The lowest BCUT2D eigenvalue weighted by Gasteiger charge is -2.20. The van der Waals surface area contributed by atoms with Crippen LogP contribution in [0.1, 0.15) is 124 Å². The van der Waals surface area contributed by atoms with E-state index in [1.54, 1.807) is 0 Å². The van der Waals surface area contributed by atoms with Gasteiger partial charge >= 0.3 is 0 Å². The molecule has 0 amide bonds. The zero-order chi connectivity index (χ0) is 35.9. The molecule has 276 valence electrons. The van der Waals surface area contributed by atoms with Crippen molar-refractivity contribution in [3.8, 4) is 11.5 Å². The molecular formula is C46H62Cl2N2O. The summed E-state index contributed by atoms with van der Waals surface area (Å²) in [5.41, 5.74) is 7.65. The van der Waals surface area contributed by atoms with E-state index in [1.807, 2.05) is 24.3 Å². The first-order chi connectivity index (χ1) is 25.1. The lowest BCUT2D eigenvalue weighted by atomic mass is 9.94. The van der Waals surface area contributed by atoms with Crippen LogP contribution in [0.15, 0.2) is 84.9 Å². The van der Waals surface area contributed by atoms with Crippen LogP contribution < -0.4 is 15.4 Å². The van der Waals surface area contributed by atoms with Crippen molar-refractivity contribution in [1.82, 2.24) is 10.6 Å². The van der Waals surface area contributed by atoms with Gasteiger partial charge in [0, 0.05) is 34.0 Å². The Labute approximate surface area is 319 Å². The van der Waals surface area contributed by atoms with Crippen LogP contribution in [0, 0.1) is 0 Å². The zero-order valence-electron chi connectivity index (χ0n) is 31.4. The minimum Gasteiger partial charge on any atom is -0.457 e. The molecular weight excluding hydrogens is 667 g/mol. The van der Waals surface area contributed by atoms with Gasteiger partial charge in [-0.1, -0.05) is 124 Å². The minimum atomic E-state index is 0.768. The molecule has 0 atom stereocenters. The molecule has 0 heterocycles. The van der Waals surface area contributed by atoms with Gasteiger partial charge in [-0.3, -0.25) is 0 Å². The first-order valence-electron chi connectivity index (χ1n) is 19.9. The Balaban J connectivity index is 1.52. The third kappa shape index (κ3) is 15.4. The predicted octanol–water partition coefficient (Wildman–Crippen LogP) is 13.0. The number of nitrogens with one attached hydrogen (secondary N) is 2. The highest BCUT2D eigenvalue weighted by molar-refractivity contribution is 6.30. The van der Waals surface area contributed by atoms with E-state index in [2.05, 4.69) is 85.1 Å². The first kappa shape index (κ1) is 40.9. The summed E-state index contributed by atoms with van der Waals surface area (Å²) in [4.78, 5) is 0. The molecule has 0 spiro atoms. The summed E-state index contributed by atoms with van der Waals surface area (Å²) in [6.45, 7) is 9.01. The average molecular weight is 730 g/mol. The number of benzene rings is 4. The van der Waals surface area contributed by atoms with Crippen LogP contribution in [0.25, 0.3) is 0 Å². The van der Waals surface area contributed by atoms with E-state index in [4.69, 9.17) is 27.9 Å². The number of hydrogen-bond acceptors (Lipinski definition) is 3. The summed E-state index contributed by atoms with van der Waals surface area (Å²) in [6, 6.07) is 29.7. The maximum absolute atomic E-state index is 7.03. The molecule has 0 saturated carbocycles. The number of aryl methyl sites for hydroxylation is 2. The Bertz CT molecular complexity index is 1440. The summed E-state index contributed by atoms with van der Waals surface area (Å²) in [5.74, 6) is 1.88. The van der Waals surface area contributed by atoms with E-state index in [9.17, 15) is 0 Å². The molecule has 51 heavy (non-hydrogen) atoms. The molecule has 0 aliphatic carbocycles. The van der Waals surface area contributed by atoms with Gasteiger partial charge in [-0.2, -0.15) is 0 Å². The van der Waals surface area contributed by atoms with Crippen LogP contribution >= 0.6 is 23.2 Å². The third-order valence-corrected chi connectivity index (χ3v) is 10.2. The van der Waals surface area contributed by atoms with Crippen molar-refractivity contribution in [1.29, 1.82) is 0 Å². The number of halogens is 2. The molecule has 0 aromatic heterocycles. The molecule has 3 nitrogen and oxygen atoms in total. The third-order valence-electron chi connectivity index (χ3n) is 9.73. The Kier molecular flexibility index (Phi) is 19.6. The van der Waals surface area contributed by atoms with Crippen LogP contribution in [-0.4, -0.2) is 26.2 Å². The van der Waals surface area contributed by atoms with Crippen LogP contribution in [0.4, 0.5) is 0 Å². The van der Waals surface area contributed by atoms with Crippen molar-refractivity contribution in [2.45, 2.75) is 117 Å². The largest absolute Gasteiger partial charge is 0.457 e. The van der Waals surface area contributed by atoms with E-state index >= 15 is 0 Å². The van der Waals surface area contributed by atoms with Crippen molar-refractivity contribution < 1.29 is 4.74 Å². The molecule has 5 heteroatoms. The van der Waals surface area contributed by atoms with E-state index < -0.39 is 0 Å². The van der Waals surface area contributed by atoms with Crippen LogP contribution in [0.2, 0.25) is 10.0 Å². The van der Waals surface area contributed by atoms with Crippen molar-refractivity contribution in [2.75, 3.05) is 26.2 Å². The monoisotopic (exact) mass is 728 g/mol. The highest BCUT2D eigenvalue weighted by Crippen LogP contribution is 2.36. The Hall–Kier alpha value is -2.82. The van der Waals surface area contributed by atoms with Crippen molar-refractivity contribution in [3.63, 3.8) is 0 Å². The summed E-state index contributed by atoms with van der Waals surface area (Å²) in [7, 11) is 0. The van der Waals surface area contributed by atoms with Crippen LogP contribution in [0.5, 0.6) is 11.5 Å². The smallest absolute Gasteiger partial charge is 0.131 e. The highest BCUT2D eigenvalue weighted by atomic mass is 35.5. The molecule has 0 aliphatic rings. The molecule has 0 unspecified atom stereocenters. The maximum Gasteiger partial charge on any atom is 0.131 e. The summed E-state index contributed by atoms with van der Waals surface area (Å²) in [5, 5.41) is 8.70. The molecule has 4 aromatic rings. The van der Waals surface area contributed by atoms with Gasteiger partial charge in [-0.15, -0.1) is 0 Å². The molecule has 4 aromatic carbocycles. The van der Waals surface area contributed by atoms with E-state index in [0.717, 1.165) is 73.4 Å². The molecule has 0 fully saturated rings. The Morgan fingerprint density at radius 1 is 0.471 bits per heavy atom. The lowest BCUT2D eigenvalue weighted by molar-refractivity contribution is 0.469. The second kappa shape index (κ2) is 24.4. The molecule has 4 rings (SSSR count). The average Bonchev–Trinajstić information content (AvgIpc) is 3.12. The predicted molar refractivity (Wildman–Crippen MR) is 221 cm³/mol. The van der Waals surface area contributed by atoms with Gasteiger partial charge in [0.15, 0.2) is 0 Å².